The fourth-order valence-electron chi connectivity index (χ4n) is 3.44. The summed E-state index contributed by atoms with van der Waals surface area (Å²) in [6.07, 6.45) is 3.16. The van der Waals surface area contributed by atoms with Crippen molar-refractivity contribution in [3.8, 4) is 5.75 Å². The monoisotopic (exact) mass is 356 g/mol. The molecule has 0 aliphatic heterocycles. The highest BCUT2D eigenvalue weighted by Crippen LogP contribution is 2.30. The van der Waals surface area contributed by atoms with Crippen molar-refractivity contribution in [1.82, 2.24) is 9.88 Å². The minimum atomic E-state index is 0.555. The van der Waals surface area contributed by atoms with Crippen LogP contribution in [0.2, 0.25) is 0 Å². The summed E-state index contributed by atoms with van der Waals surface area (Å²) in [6, 6.07) is 9.48. The van der Waals surface area contributed by atoms with Crippen LogP contribution in [-0.4, -0.2) is 28.5 Å². The van der Waals surface area contributed by atoms with E-state index in [1.807, 2.05) is 0 Å². The van der Waals surface area contributed by atoms with Crippen LogP contribution in [0.1, 0.15) is 38.8 Å². The highest BCUT2D eigenvalue weighted by atomic mass is 32.1. The molecule has 4 heteroatoms. The first kappa shape index (κ1) is 18.0. The van der Waals surface area contributed by atoms with Gasteiger partial charge in [0, 0.05) is 35.7 Å². The van der Waals surface area contributed by atoms with Crippen LogP contribution in [0.25, 0.3) is 10.9 Å². The molecule has 0 amide bonds. The van der Waals surface area contributed by atoms with Gasteiger partial charge in [0.1, 0.15) is 12.4 Å². The maximum absolute atomic E-state index is 6.14. The van der Waals surface area contributed by atoms with Crippen LogP contribution in [0.3, 0.4) is 0 Å². The Balaban J connectivity index is 1.79. The third-order valence-corrected chi connectivity index (χ3v) is 5.42. The molecule has 2 aromatic heterocycles. The summed E-state index contributed by atoms with van der Waals surface area (Å²) in [6.45, 7) is 10.8. The molecule has 1 N–H and O–H groups in total. The zero-order valence-electron chi connectivity index (χ0n) is 15.6. The van der Waals surface area contributed by atoms with Gasteiger partial charge in [-0.05, 0) is 74.2 Å². The Bertz CT molecular complexity index is 781. The lowest BCUT2D eigenvalue weighted by atomic mass is 10.1. The third-order valence-electron chi connectivity index (χ3n) is 4.69. The van der Waals surface area contributed by atoms with E-state index in [-0.39, 0.29) is 0 Å². The Morgan fingerprint density at radius 1 is 1.12 bits per heavy atom. The normalized spacial score (nSPS) is 12.0. The van der Waals surface area contributed by atoms with E-state index < -0.39 is 0 Å². The molecule has 1 aromatic carbocycles. The number of aromatic amines is 1. The second kappa shape index (κ2) is 8.07. The van der Waals surface area contributed by atoms with E-state index in [0.717, 1.165) is 24.2 Å². The Labute approximate surface area is 154 Å². The molecule has 0 bridgehead atoms. The molecule has 0 saturated carbocycles. The SMILES string of the molecule is CC(C)N(CCc1c[nH]c2cccc(OCc3ccsc3)c12)C(C)C. The Kier molecular flexibility index (Phi) is 5.82. The molecular weight excluding hydrogens is 328 g/mol. The lowest BCUT2D eigenvalue weighted by molar-refractivity contribution is 0.177. The lowest BCUT2D eigenvalue weighted by Gasteiger charge is -2.30. The van der Waals surface area contributed by atoms with Crippen molar-refractivity contribution < 1.29 is 4.74 Å². The molecule has 0 aliphatic carbocycles. The Hall–Kier alpha value is -1.78. The molecule has 0 radical (unpaired) electrons. The predicted molar refractivity (Wildman–Crippen MR) is 108 cm³/mol. The van der Waals surface area contributed by atoms with E-state index in [1.54, 1.807) is 11.3 Å². The minimum Gasteiger partial charge on any atom is -0.488 e. The number of aromatic nitrogens is 1. The van der Waals surface area contributed by atoms with Crippen LogP contribution in [0.4, 0.5) is 0 Å². The fourth-order valence-corrected chi connectivity index (χ4v) is 4.09. The number of H-pyrrole nitrogens is 1. The van der Waals surface area contributed by atoms with Crippen LogP contribution >= 0.6 is 11.3 Å². The second-order valence-electron chi connectivity index (χ2n) is 7.09. The number of rotatable bonds is 8. The number of nitrogens with zero attached hydrogens (tertiary/aromatic N) is 1. The highest BCUT2D eigenvalue weighted by Gasteiger charge is 2.15. The third kappa shape index (κ3) is 4.25. The van der Waals surface area contributed by atoms with Gasteiger partial charge in [0.05, 0.1) is 0 Å². The van der Waals surface area contributed by atoms with Gasteiger partial charge in [0.25, 0.3) is 0 Å². The van der Waals surface area contributed by atoms with Crippen molar-refractivity contribution in [2.45, 2.75) is 52.8 Å². The fraction of sp³-hybridized carbons (Fsp3) is 0.429. The van der Waals surface area contributed by atoms with E-state index in [0.29, 0.717) is 18.7 Å². The number of hydrogen-bond donors (Lipinski definition) is 1. The van der Waals surface area contributed by atoms with Gasteiger partial charge in [-0.15, -0.1) is 0 Å². The van der Waals surface area contributed by atoms with Crippen LogP contribution in [-0.2, 0) is 13.0 Å². The van der Waals surface area contributed by atoms with E-state index in [4.69, 9.17) is 4.74 Å². The van der Waals surface area contributed by atoms with Crippen molar-refractivity contribution in [1.29, 1.82) is 0 Å². The highest BCUT2D eigenvalue weighted by molar-refractivity contribution is 7.07. The summed E-state index contributed by atoms with van der Waals surface area (Å²) >= 11 is 1.71. The van der Waals surface area contributed by atoms with Crippen molar-refractivity contribution in [3.05, 3.63) is 52.3 Å². The molecule has 3 rings (SSSR count). The minimum absolute atomic E-state index is 0.555. The molecule has 25 heavy (non-hydrogen) atoms. The van der Waals surface area contributed by atoms with E-state index in [2.05, 4.69) is 78.8 Å². The first-order valence-corrected chi connectivity index (χ1v) is 9.99. The number of fused-ring (bicyclic) bond motifs is 1. The average Bonchev–Trinajstić information content (AvgIpc) is 3.22. The van der Waals surface area contributed by atoms with Gasteiger partial charge in [-0.2, -0.15) is 11.3 Å². The molecule has 3 aromatic rings. The molecule has 0 fully saturated rings. The van der Waals surface area contributed by atoms with Gasteiger partial charge in [0.15, 0.2) is 0 Å². The van der Waals surface area contributed by atoms with Crippen LogP contribution in [0.5, 0.6) is 5.75 Å². The smallest absolute Gasteiger partial charge is 0.129 e. The van der Waals surface area contributed by atoms with Gasteiger partial charge in [-0.25, -0.2) is 0 Å². The van der Waals surface area contributed by atoms with Crippen molar-refractivity contribution in [3.63, 3.8) is 0 Å². The molecule has 0 spiro atoms. The molecule has 0 aliphatic rings. The largest absolute Gasteiger partial charge is 0.488 e. The summed E-state index contributed by atoms with van der Waals surface area (Å²) in [5, 5.41) is 5.46. The first-order valence-electron chi connectivity index (χ1n) is 9.05. The average molecular weight is 357 g/mol. The maximum atomic E-state index is 6.14. The summed E-state index contributed by atoms with van der Waals surface area (Å²) in [4.78, 5) is 5.94. The summed E-state index contributed by atoms with van der Waals surface area (Å²) in [5.41, 5.74) is 3.71. The molecule has 2 heterocycles. The molecule has 0 saturated heterocycles. The maximum Gasteiger partial charge on any atom is 0.129 e. The van der Waals surface area contributed by atoms with Gasteiger partial charge in [-0.3, -0.25) is 4.90 Å². The molecular formula is C21H28N2OS. The molecule has 134 valence electrons. The molecule has 0 unspecified atom stereocenters. The second-order valence-corrected chi connectivity index (χ2v) is 7.87. The van der Waals surface area contributed by atoms with Gasteiger partial charge in [0.2, 0.25) is 0 Å². The van der Waals surface area contributed by atoms with E-state index in [1.165, 1.54) is 16.5 Å². The zero-order valence-corrected chi connectivity index (χ0v) is 16.4. The van der Waals surface area contributed by atoms with Crippen LogP contribution < -0.4 is 4.74 Å². The van der Waals surface area contributed by atoms with E-state index >= 15 is 0 Å². The standard InChI is InChI=1S/C21H28N2OS/c1-15(2)23(16(3)4)10-8-18-12-22-19-6-5-7-20(21(18)19)24-13-17-9-11-25-14-17/h5-7,9,11-12,14-16,22H,8,10,13H2,1-4H3. The molecule has 3 nitrogen and oxygen atoms in total. The van der Waals surface area contributed by atoms with Crippen LogP contribution in [0.15, 0.2) is 41.2 Å². The number of hydrogen-bond acceptors (Lipinski definition) is 3. The van der Waals surface area contributed by atoms with Gasteiger partial charge < -0.3 is 9.72 Å². The van der Waals surface area contributed by atoms with E-state index in [9.17, 15) is 0 Å². The van der Waals surface area contributed by atoms with Crippen molar-refractivity contribution >= 4 is 22.2 Å². The topological polar surface area (TPSA) is 28.3 Å². The molecule has 0 atom stereocenters. The van der Waals surface area contributed by atoms with Crippen LogP contribution in [0, 0.1) is 0 Å². The summed E-state index contributed by atoms with van der Waals surface area (Å²) in [7, 11) is 0. The first-order chi connectivity index (χ1) is 12.1. The van der Waals surface area contributed by atoms with Gasteiger partial charge in [-0.1, -0.05) is 6.07 Å². The zero-order chi connectivity index (χ0) is 17.8. The quantitative estimate of drug-likeness (QED) is 0.580. The van der Waals surface area contributed by atoms with Crippen molar-refractivity contribution in [2.75, 3.05) is 6.54 Å². The number of benzene rings is 1. The Morgan fingerprint density at radius 3 is 2.60 bits per heavy atom. The lowest BCUT2D eigenvalue weighted by Crippen LogP contribution is -2.38. The summed E-state index contributed by atoms with van der Waals surface area (Å²) < 4.78 is 6.14. The summed E-state index contributed by atoms with van der Waals surface area (Å²) in [5.74, 6) is 0.973. The number of thiophene rings is 1. The van der Waals surface area contributed by atoms with Gasteiger partial charge >= 0.3 is 0 Å². The number of ether oxygens (including phenoxy) is 1. The Morgan fingerprint density at radius 2 is 1.92 bits per heavy atom. The number of nitrogens with one attached hydrogen (secondary N) is 1. The van der Waals surface area contributed by atoms with Crippen molar-refractivity contribution in [2.24, 2.45) is 0 Å². The predicted octanol–water partition coefficient (Wildman–Crippen LogP) is 5.47.